The lowest BCUT2D eigenvalue weighted by atomic mass is 10.1. The third-order valence-electron chi connectivity index (χ3n) is 5.01. The minimum atomic E-state index is -1.26. The Balaban J connectivity index is 0.000000466. The predicted octanol–water partition coefficient (Wildman–Crippen LogP) is 1.41. The van der Waals surface area contributed by atoms with Crippen LogP contribution in [0, 0.1) is 5.82 Å². The van der Waals surface area contributed by atoms with E-state index in [1.807, 2.05) is 11.9 Å². The number of nitrogens with zero attached hydrogens (tertiary/aromatic N) is 4. The molecule has 11 nitrogen and oxygen atoms in total. The molecular formula is C23H28FN5O6. The number of hydrogen-bond acceptors (Lipinski definition) is 8. The van der Waals surface area contributed by atoms with Crippen LogP contribution in [-0.2, 0) is 9.59 Å². The highest BCUT2D eigenvalue weighted by Gasteiger charge is 2.21. The number of anilines is 1. The van der Waals surface area contributed by atoms with Gasteiger partial charge in [-0.15, -0.1) is 0 Å². The Hall–Kier alpha value is -4.06. The van der Waals surface area contributed by atoms with Crippen LogP contribution in [0.4, 0.5) is 10.3 Å². The van der Waals surface area contributed by atoms with Gasteiger partial charge in [0, 0.05) is 51.6 Å². The van der Waals surface area contributed by atoms with Crippen molar-refractivity contribution in [1.82, 2.24) is 14.9 Å². The van der Waals surface area contributed by atoms with Gasteiger partial charge in [-0.25, -0.2) is 23.9 Å². The molecule has 0 atom stereocenters. The number of aliphatic carboxylic acids is 2. The normalized spacial score (nSPS) is 14.1. The van der Waals surface area contributed by atoms with E-state index in [2.05, 4.69) is 14.9 Å². The third kappa shape index (κ3) is 10.2. The summed E-state index contributed by atoms with van der Waals surface area (Å²) in [6, 6.07) is 7.66. The Morgan fingerprint density at radius 3 is 2.29 bits per heavy atom. The van der Waals surface area contributed by atoms with Gasteiger partial charge in [0.25, 0.3) is 5.91 Å². The highest BCUT2D eigenvalue weighted by Crippen LogP contribution is 2.19. The third-order valence-corrected chi connectivity index (χ3v) is 5.01. The molecule has 3 rings (SSSR count). The lowest BCUT2D eigenvalue weighted by molar-refractivity contribution is -0.134. The fourth-order valence-corrected chi connectivity index (χ4v) is 3.16. The van der Waals surface area contributed by atoms with Crippen LogP contribution in [0.25, 0.3) is 0 Å². The van der Waals surface area contributed by atoms with E-state index in [0.29, 0.717) is 23.8 Å². The molecule has 12 heteroatoms. The maximum Gasteiger partial charge on any atom is 0.328 e. The number of ether oxygens (including phenoxy) is 1. The smallest absolute Gasteiger partial charge is 0.328 e. The first-order chi connectivity index (χ1) is 16.6. The van der Waals surface area contributed by atoms with E-state index < -0.39 is 17.8 Å². The Bertz CT molecular complexity index is 1010. The van der Waals surface area contributed by atoms with Crippen molar-refractivity contribution in [2.24, 2.45) is 5.73 Å². The summed E-state index contributed by atoms with van der Waals surface area (Å²) in [7, 11) is 1.89. The van der Waals surface area contributed by atoms with Crippen LogP contribution >= 0.6 is 0 Å². The lowest BCUT2D eigenvalue weighted by Gasteiger charge is -2.33. The number of halogens is 1. The molecule has 0 aliphatic carbocycles. The zero-order valence-electron chi connectivity index (χ0n) is 19.2. The van der Waals surface area contributed by atoms with Crippen LogP contribution in [0.15, 0.2) is 48.7 Å². The first-order valence-corrected chi connectivity index (χ1v) is 10.8. The number of benzene rings is 1. The minimum Gasteiger partial charge on any atom is -0.490 e. The van der Waals surface area contributed by atoms with Gasteiger partial charge < -0.3 is 30.5 Å². The summed E-state index contributed by atoms with van der Waals surface area (Å²) in [5, 5.41) is 15.6. The van der Waals surface area contributed by atoms with Crippen molar-refractivity contribution in [2.75, 3.05) is 38.1 Å². The second-order valence-corrected chi connectivity index (χ2v) is 7.65. The molecule has 2 heterocycles. The van der Waals surface area contributed by atoms with Gasteiger partial charge in [-0.2, -0.15) is 0 Å². The number of nitrogens with two attached hydrogens (primary N) is 1. The first kappa shape index (κ1) is 27.2. The monoisotopic (exact) mass is 489 g/mol. The number of aromatic nitrogens is 2. The Kier molecular flexibility index (Phi) is 10.6. The maximum atomic E-state index is 13.0. The van der Waals surface area contributed by atoms with Crippen LogP contribution < -0.4 is 15.4 Å². The molecule has 188 valence electrons. The van der Waals surface area contributed by atoms with Gasteiger partial charge in [0.1, 0.15) is 23.4 Å². The van der Waals surface area contributed by atoms with Crippen LogP contribution in [0.5, 0.6) is 5.75 Å². The van der Waals surface area contributed by atoms with Gasteiger partial charge in [0.05, 0.1) is 0 Å². The summed E-state index contributed by atoms with van der Waals surface area (Å²) in [6.07, 6.45) is 4.66. The molecule has 1 aliphatic rings. The van der Waals surface area contributed by atoms with Crippen molar-refractivity contribution >= 4 is 23.8 Å². The van der Waals surface area contributed by atoms with Crippen molar-refractivity contribution in [3.05, 3.63) is 60.2 Å². The molecule has 1 aromatic heterocycles. The fraction of sp³-hybridized carbons (Fsp3) is 0.348. The number of carbonyl (C=O) groups excluding carboxylic acids is 1. The zero-order chi connectivity index (χ0) is 25.8. The number of carboxylic acid groups (broad SMARTS) is 2. The number of rotatable bonds is 9. The zero-order valence-corrected chi connectivity index (χ0v) is 19.2. The SMILES string of the molecule is CN(CCN1CCC(Oc2ccc(F)cc2)CC1)c1nccc(C(N)=O)n1.O=C(O)C=CC(=O)O. The second-order valence-electron chi connectivity index (χ2n) is 7.65. The molecule has 4 N–H and O–H groups in total. The van der Waals surface area contributed by atoms with E-state index in [1.165, 1.54) is 24.4 Å². The van der Waals surface area contributed by atoms with E-state index >= 15 is 0 Å². The van der Waals surface area contributed by atoms with Crippen LogP contribution in [0.1, 0.15) is 23.3 Å². The maximum absolute atomic E-state index is 13.0. The number of likely N-dealkylation sites (tertiary alicyclic amines) is 1. The van der Waals surface area contributed by atoms with E-state index in [9.17, 15) is 18.8 Å². The Morgan fingerprint density at radius 2 is 1.74 bits per heavy atom. The van der Waals surface area contributed by atoms with Crippen molar-refractivity contribution in [3.63, 3.8) is 0 Å². The van der Waals surface area contributed by atoms with Crippen molar-refractivity contribution in [3.8, 4) is 5.75 Å². The Morgan fingerprint density at radius 1 is 1.14 bits per heavy atom. The molecule has 1 aliphatic heterocycles. The molecule has 0 bridgehead atoms. The number of carboxylic acids is 2. The second kappa shape index (κ2) is 13.6. The van der Waals surface area contributed by atoms with Gasteiger partial charge >= 0.3 is 11.9 Å². The fourth-order valence-electron chi connectivity index (χ4n) is 3.16. The van der Waals surface area contributed by atoms with E-state index in [1.54, 1.807) is 12.1 Å². The standard InChI is InChI=1S/C19H24FN5O2.C4H4O4/c1-24(19-22-9-6-17(23-19)18(21)26)12-13-25-10-7-16(8-11-25)27-15-4-2-14(20)3-5-15;5-3(6)1-2-4(7)8/h2-6,9,16H,7-8,10-13H2,1H3,(H2,21,26);1-2H,(H,5,6)(H,7,8). The number of carbonyl (C=O) groups is 3. The highest BCUT2D eigenvalue weighted by atomic mass is 19.1. The summed E-state index contributed by atoms with van der Waals surface area (Å²) in [5.74, 6) is -2.14. The van der Waals surface area contributed by atoms with Gasteiger partial charge in [-0.3, -0.25) is 4.79 Å². The molecule has 1 amide bonds. The van der Waals surface area contributed by atoms with Gasteiger partial charge in [-0.05, 0) is 43.2 Å². The van der Waals surface area contributed by atoms with Crippen LogP contribution in [0.3, 0.4) is 0 Å². The van der Waals surface area contributed by atoms with E-state index in [-0.39, 0.29) is 17.6 Å². The highest BCUT2D eigenvalue weighted by molar-refractivity contribution is 5.91. The van der Waals surface area contributed by atoms with Crippen molar-refractivity contribution in [1.29, 1.82) is 0 Å². The average Bonchev–Trinajstić information content (AvgIpc) is 2.84. The molecule has 0 spiro atoms. The molecule has 0 saturated carbocycles. The molecule has 0 radical (unpaired) electrons. The molecule has 2 aromatic rings. The number of likely N-dealkylation sites (N-methyl/N-ethyl adjacent to an activating group) is 1. The van der Waals surface area contributed by atoms with Gasteiger partial charge in [0.2, 0.25) is 5.95 Å². The summed E-state index contributed by atoms with van der Waals surface area (Å²) >= 11 is 0. The molecule has 1 fully saturated rings. The predicted molar refractivity (Wildman–Crippen MR) is 125 cm³/mol. The topological polar surface area (TPSA) is 159 Å². The average molecular weight is 490 g/mol. The van der Waals surface area contributed by atoms with Gasteiger partial charge in [0.15, 0.2) is 0 Å². The van der Waals surface area contributed by atoms with E-state index in [0.717, 1.165) is 39.0 Å². The molecular weight excluding hydrogens is 461 g/mol. The number of primary amides is 1. The van der Waals surface area contributed by atoms with Crippen molar-refractivity contribution < 1.29 is 33.7 Å². The summed E-state index contributed by atoms with van der Waals surface area (Å²) in [5.41, 5.74) is 5.48. The lowest BCUT2D eigenvalue weighted by Crippen LogP contribution is -2.42. The summed E-state index contributed by atoms with van der Waals surface area (Å²) in [6.45, 7) is 3.47. The summed E-state index contributed by atoms with van der Waals surface area (Å²) < 4.78 is 18.9. The van der Waals surface area contributed by atoms with E-state index in [4.69, 9.17) is 20.7 Å². The molecule has 1 saturated heterocycles. The number of piperidine rings is 1. The Labute approximate surface area is 201 Å². The summed E-state index contributed by atoms with van der Waals surface area (Å²) in [4.78, 5) is 43.0. The number of hydrogen-bond donors (Lipinski definition) is 3. The van der Waals surface area contributed by atoms with Crippen molar-refractivity contribution in [2.45, 2.75) is 18.9 Å². The number of amides is 1. The molecule has 35 heavy (non-hydrogen) atoms. The quantitative estimate of drug-likeness (QED) is 0.440. The van der Waals surface area contributed by atoms with Crippen LogP contribution in [0.2, 0.25) is 0 Å². The first-order valence-electron chi connectivity index (χ1n) is 10.8. The molecule has 1 aromatic carbocycles. The largest absolute Gasteiger partial charge is 0.490 e. The molecule has 0 unspecified atom stereocenters. The van der Waals surface area contributed by atoms with Gasteiger partial charge in [-0.1, -0.05) is 0 Å². The van der Waals surface area contributed by atoms with Crippen LogP contribution in [-0.4, -0.2) is 82.3 Å². The minimum absolute atomic E-state index is 0.153.